The highest BCUT2D eigenvalue weighted by Crippen LogP contribution is 2.13. The van der Waals surface area contributed by atoms with Gasteiger partial charge in [-0.05, 0) is 12.0 Å². The lowest BCUT2D eigenvalue weighted by Crippen LogP contribution is -2.38. The first-order valence-corrected chi connectivity index (χ1v) is 7.09. The van der Waals surface area contributed by atoms with Crippen LogP contribution in [0.15, 0.2) is 12.3 Å². The summed E-state index contributed by atoms with van der Waals surface area (Å²) in [6, 6.07) is 2.12. The van der Waals surface area contributed by atoms with Crippen LogP contribution >= 0.6 is 0 Å². The lowest BCUT2D eigenvalue weighted by atomic mass is 10.1. The summed E-state index contributed by atoms with van der Waals surface area (Å²) in [5.74, 6) is 0.548. The fourth-order valence-corrected chi connectivity index (χ4v) is 2.08. The quantitative estimate of drug-likeness (QED) is 0.825. The van der Waals surface area contributed by atoms with Crippen molar-refractivity contribution < 1.29 is 4.74 Å². The predicted octanol–water partition coefficient (Wildman–Crippen LogP) is 2.36. The molecular weight excluding hydrogens is 226 g/mol. The molecule has 1 aromatic rings. The molecule has 1 aromatic heterocycles. The zero-order valence-electron chi connectivity index (χ0n) is 12.2. The second-order valence-electron chi connectivity index (χ2n) is 4.59. The molecule has 18 heavy (non-hydrogen) atoms. The molecule has 1 aliphatic rings. The van der Waals surface area contributed by atoms with Crippen molar-refractivity contribution in [2.75, 3.05) is 32.8 Å². The van der Waals surface area contributed by atoms with E-state index in [0.717, 1.165) is 39.4 Å². The van der Waals surface area contributed by atoms with Crippen LogP contribution in [-0.4, -0.2) is 47.5 Å². The second-order valence-corrected chi connectivity index (χ2v) is 4.59. The van der Waals surface area contributed by atoms with Crippen LogP contribution in [-0.2, 0) is 11.3 Å². The minimum absolute atomic E-state index is 0.548. The maximum absolute atomic E-state index is 5.33. The topological polar surface area (TPSA) is 30.3 Å². The van der Waals surface area contributed by atoms with E-state index in [1.165, 1.54) is 5.69 Å². The molecule has 0 atom stereocenters. The standard InChI is InChI=1S/C12H21N3O.C2H6/c1-11(2)12-3-4-13-15(12)6-5-14-7-9-16-10-8-14;1-2/h3-4,11H,5-10H2,1-2H3;1-2H3. The van der Waals surface area contributed by atoms with Crippen LogP contribution < -0.4 is 0 Å². The Morgan fingerprint density at radius 1 is 1.22 bits per heavy atom. The van der Waals surface area contributed by atoms with E-state index < -0.39 is 0 Å². The molecule has 1 fully saturated rings. The highest BCUT2D eigenvalue weighted by molar-refractivity contribution is 5.05. The van der Waals surface area contributed by atoms with E-state index in [1.54, 1.807) is 0 Å². The number of hydrogen-bond donors (Lipinski definition) is 0. The van der Waals surface area contributed by atoms with Crippen molar-refractivity contribution in [3.05, 3.63) is 18.0 Å². The Bertz CT molecular complexity index is 317. The average molecular weight is 253 g/mol. The Balaban J connectivity index is 0.000000771. The number of ether oxygens (including phenoxy) is 1. The van der Waals surface area contributed by atoms with Crippen molar-refractivity contribution in [1.29, 1.82) is 0 Å². The molecule has 1 aliphatic heterocycles. The van der Waals surface area contributed by atoms with E-state index >= 15 is 0 Å². The van der Waals surface area contributed by atoms with Gasteiger partial charge in [-0.1, -0.05) is 27.7 Å². The Labute approximate surface area is 111 Å². The number of rotatable bonds is 4. The first-order chi connectivity index (χ1) is 8.77. The first kappa shape index (κ1) is 15.2. The van der Waals surface area contributed by atoms with E-state index in [4.69, 9.17) is 4.74 Å². The molecule has 0 bridgehead atoms. The molecule has 4 heteroatoms. The number of aromatic nitrogens is 2. The molecule has 0 unspecified atom stereocenters. The van der Waals surface area contributed by atoms with E-state index in [-0.39, 0.29) is 0 Å². The van der Waals surface area contributed by atoms with Crippen molar-refractivity contribution >= 4 is 0 Å². The molecule has 2 rings (SSSR count). The van der Waals surface area contributed by atoms with Gasteiger partial charge in [-0.2, -0.15) is 5.10 Å². The highest BCUT2D eigenvalue weighted by atomic mass is 16.5. The van der Waals surface area contributed by atoms with Gasteiger partial charge in [0, 0.05) is 31.5 Å². The monoisotopic (exact) mass is 253 g/mol. The van der Waals surface area contributed by atoms with Gasteiger partial charge in [0.05, 0.1) is 19.8 Å². The molecule has 2 heterocycles. The smallest absolute Gasteiger partial charge is 0.0594 e. The zero-order valence-corrected chi connectivity index (χ0v) is 12.2. The highest BCUT2D eigenvalue weighted by Gasteiger charge is 2.11. The SMILES string of the molecule is CC.CC(C)c1ccnn1CCN1CCOCC1. The van der Waals surface area contributed by atoms with Crippen LogP contribution in [0, 0.1) is 0 Å². The van der Waals surface area contributed by atoms with Crippen LogP contribution in [0.2, 0.25) is 0 Å². The molecule has 0 aliphatic carbocycles. The Morgan fingerprint density at radius 2 is 1.89 bits per heavy atom. The number of morpholine rings is 1. The number of nitrogens with zero attached hydrogens (tertiary/aromatic N) is 3. The van der Waals surface area contributed by atoms with Crippen LogP contribution in [0.1, 0.15) is 39.3 Å². The minimum Gasteiger partial charge on any atom is -0.379 e. The van der Waals surface area contributed by atoms with E-state index in [0.29, 0.717) is 5.92 Å². The first-order valence-electron chi connectivity index (χ1n) is 7.09. The van der Waals surface area contributed by atoms with Gasteiger partial charge in [0.1, 0.15) is 0 Å². The Hall–Kier alpha value is -0.870. The van der Waals surface area contributed by atoms with E-state index in [2.05, 4.69) is 34.6 Å². The third kappa shape index (κ3) is 4.42. The van der Waals surface area contributed by atoms with Gasteiger partial charge in [0.25, 0.3) is 0 Å². The Kier molecular flexibility index (Phi) is 6.98. The maximum atomic E-state index is 5.33. The summed E-state index contributed by atoms with van der Waals surface area (Å²) < 4.78 is 7.46. The molecule has 104 valence electrons. The van der Waals surface area contributed by atoms with Crippen LogP contribution in [0.3, 0.4) is 0 Å². The van der Waals surface area contributed by atoms with Gasteiger partial charge in [0.15, 0.2) is 0 Å². The molecule has 0 N–H and O–H groups in total. The second kappa shape index (κ2) is 8.27. The normalized spacial score (nSPS) is 16.5. The fraction of sp³-hybridized carbons (Fsp3) is 0.786. The summed E-state index contributed by atoms with van der Waals surface area (Å²) >= 11 is 0. The Morgan fingerprint density at radius 3 is 2.50 bits per heavy atom. The molecule has 0 radical (unpaired) electrons. The molecule has 4 nitrogen and oxygen atoms in total. The van der Waals surface area contributed by atoms with Crippen LogP contribution in [0.5, 0.6) is 0 Å². The molecule has 0 saturated carbocycles. The fourth-order valence-electron chi connectivity index (χ4n) is 2.08. The lowest BCUT2D eigenvalue weighted by Gasteiger charge is -2.26. The van der Waals surface area contributed by atoms with Crippen molar-refractivity contribution in [3.8, 4) is 0 Å². The summed E-state index contributed by atoms with van der Waals surface area (Å²) in [5.41, 5.74) is 1.33. The summed E-state index contributed by atoms with van der Waals surface area (Å²) in [7, 11) is 0. The maximum Gasteiger partial charge on any atom is 0.0594 e. The third-order valence-corrected chi connectivity index (χ3v) is 3.07. The third-order valence-electron chi connectivity index (χ3n) is 3.07. The zero-order chi connectivity index (χ0) is 13.4. The number of hydrogen-bond acceptors (Lipinski definition) is 3. The van der Waals surface area contributed by atoms with Gasteiger partial charge < -0.3 is 4.74 Å². The molecule has 0 spiro atoms. The van der Waals surface area contributed by atoms with Crippen molar-refractivity contribution in [1.82, 2.24) is 14.7 Å². The van der Waals surface area contributed by atoms with Gasteiger partial charge in [-0.3, -0.25) is 9.58 Å². The van der Waals surface area contributed by atoms with Crippen LogP contribution in [0.4, 0.5) is 0 Å². The van der Waals surface area contributed by atoms with Crippen molar-refractivity contribution in [3.63, 3.8) is 0 Å². The van der Waals surface area contributed by atoms with E-state index in [9.17, 15) is 0 Å². The summed E-state index contributed by atoms with van der Waals surface area (Å²) in [6.45, 7) is 14.3. The largest absolute Gasteiger partial charge is 0.379 e. The van der Waals surface area contributed by atoms with Crippen LogP contribution in [0.25, 0.3) is 0 Å². The lowest BCUT2D eigenvalue weighted by molar-refractivity contribution is 0.0358. The summed E-state index contributed by atoms with van der Waals surface area (Å²) in [6.07, 6.45) is 1.90. The van der Waals surface area contributed by atoms with Gasteiger partial charge in [0.2, 0.25) is 0 Å². The van der Waals surface area contributed by atoms with Gasteiger partial charge in [-0.25, -0.2) is 0 Å². The van der Waals surface area contributed by atoms with Gasteiger partial charge >= 0.3 is 0 Å². The van der Waals surface area contributed by atoms with Gasteiger partial charge in [-0.15, -0.1) is 0 Å². The average Bonchev–Trinajstić information content (AvgIpc) is 2.88. The molecule has 0 aromatic carbocycles. The minimum atomic E-state index is 0.548. The van der Waals surface area contributed by atoms with Crippen molar-refractivity contribution in [2.45, 2.75) is 40.2 Å². The summed E-state index contributed by atoms with van der Waals surface area (Å²) in [5, 5.41) is 4.38. The predicted molar refractivity (Wildman–Crippen MR) is 74.9 cm³/mol. The molecule has 0 amide bonds. The van der Waals surface area contributed by atoms with E-state index in [1.807, 2.05) is 20.0 Å². The summed E-state index contributed by atoms with van der Waals surface area (Å²) in [4.78, 5) is 2.44. The molecule has 1 saturated heterocycles. The van der Waals surface area contributed by atoms with Crippen molar-refractivity contribution in [2.24, 2.45) is 0 Å². The molecular formula is C14H27N3O.